The number of hydrogen-bond acceptors (Lipinski definition) is 5. The maximum absolute atomic E-state index is 11.7. The Kier molecular flexibility index (Phi) is 5.96. The molecule has 0 saturated carbocycles. The second kappa shape index (κ2) is 8.37. The number of amides is 1. The number of nitrogens with one attached hydrogen (secondary N) is 1. The lowest BCUT2D eigenvalue weighted by Crippen LogP contribution is -2.30. The summed E-state index contributed by atoms with van der Waals surface area (Å²) in [5.41, 5.74) is 1.42. The van der Waals surface area contributed by atoms with Crippen LogP contribution in [0.2, 0.25) is 0 Å². The first-order valence-corrected chi connectivity index (χ1v) is 9.13. The molecule has 0 unspecified atom stereocenters. The third kappa shape index (κ3) is 4.63. The second-order valence-corrected chi connectivity index (χ2v) is 7.09. The van der Waals surface area contributed by atoms with Crippen LogP contribution in [0.4, 0.5) is 0 Å². The minimum Gasteiger partial charge on any atom is -0.380 e. The van der Waals surface area contributed by atoms with Crippen molar-refractivity contribution in [3.05, 3.63) is 52.0 Å². The number of aromatic nitrogens is 1. The van der Waals surface area contributed by atoms with E-state index in [-0.39, 0.29) is 5.91 Å². The third-order valence-electron chi connectivity index (χ3n) is 4.15. The van der Waals surface area contributed by atoms with Gasteiger partial charge < -0.3 is 10.1 Å². The molecule has 0 radical (unpaired) electrons. The highest BCUT2D eigenvalue weighted by Gasteiger charge is 2.20. The van der Waals surface area contributed by atoms with Crippen LogP contribution in [0.15, 0.2) is 35.7 Å². The average molecular weight is 345 g/mol. The van der Waals surface area contributed by atoms with Gasteiger partial charge in [-0.1, -0.05) is 12.1 Å². The summed E-state index contributed by atoms with van der Waals surface area (Å²) in [6, 6.07) is 9.91. The Bertz CT molecular complexity index is 660. The highest BCUT2D eigenvalue weighted by atomic mass is 32.1. The molecule has 6 heteroatoms. The third-order valence-corrected chi connectivity index (χ3v) is 5.01. The summed E-state index contributed by atoms with van der Waals surface area (Å²) in [4.78, 5) is 20.1. The van der Waals surface area contributed by atoms with Gasteiger partial charge in [-0.05, 0) is 30.0 Å². The fourth-order valence-corrected chi connectivity index (χ4v) is 3.73. The molecule has 1 aliphatic rings. The highest BCUT2D eigenvalue weighted by Crippen LogP contribution is 2.17. The first-order chi connectivity index (χ1) is 11.7. The standard InChI is InChI=1S/C18H23N3O2S/c1-19-18(22)17-6-2-4-15(20-17)10-14-11-21(7-8-23-13-14)12-16-5-3-9-24-16/h2-6,9,14H,7-8,10-13H2,1H3,(H,19,22)/t14-/m1/s1. The summed E-state index contributed by atoms with van der Waals surface area (Å²) in [6.45, 7) is 4.44. The summed E-state index contributed by atoms with van der Waals surface area (Å²) in [5, 5.41) is 4.74. The largest absolute Gasteiger partial charge is 0.380 e. The number of carbonyl (C=O) groups excluding carboxylic acids is 1. The molecule has 0 aliphatic carbocycles. The summed E-state index contributed by atoms with van der Waals surface area (Å²) in [7, 11) is 1.62. The van der Waals surface area contributed by atoms with E-state index in [2.05, 4.69) is 32.7 Å². The molecule has 3 heterocycles. The Morgan fingerprint density at radius 3 is 3.12 bits per heavy atom. The fraction of sp³-hybridized carbons (Fsp3) is 0.444. The molecule has 1 fully saturated rings. The van der Waals surface area contributed by atoms with E-state index in [0.29, 0.717) is 11.6 Å². The van der Waals surface area contributed by atoms with Gasteiger partial charge in [-0.3, -0.25) is 9.69 Å². The van der Waals surface area contributed by atoms with Crippen molar-refractivity contribution in [3.8, 4) is 0 Å². The Balaban J connectivity index is 1.64. The van der Waals surface area contributed by atoms with Crippen LogP contribution in [0.3, 0.4) is 0 Å². The number of thiophene rings is 1. The SMILES string of the molecule is CNC(=O)c1cccc(C[C@H]2COCCN(Cc3cccs3)C2)n1. The maximum Gasteiger partial charge on any atom is 0.269 e. The Hall–Kier alpha value is -1.76. The molecule has 1 amide bonds. The van der Waals surface area contributed by atoms with Crippen molar-refractivity contribution in [2.24, 2.45) is 5.92 Å². The van der Waals surface area contributed by atoms with Crippen LogP contribution in [0.1, 0.15) is 21.1 Å². The summed E-state index contributed by atoms with van der Waals surface area (Å²) in [6.07, 6.45) is 0.825. The molecular formula is C18H23N3O2S. The van der Waals surface area contributed by atoms with Gasteiger partial charge in [-0.15, -0.1) is 11.3 Å². The quantitative estimate of drug-likeness (QED) is 0.903. The van der Waals surface area contributed by atoms with Crippen LogP contribution in [0, 0.1) is 5.92 Å². The predicted octanol–water partition coefficient (Wildman–Crippen LogP) is 2.19. The van der Waals surface area contributed by atoms with Crippen LogP contribution < -0.4 is 5.32 Å². The zero-order valence-corrected chi connectivity index (χ0v) is 14.7. The summed E-state index contributed by atoms with van der Waals surface area (Å²) >= 11 is 1.80. The van der Waals surface area contributed by atoms with Gasteiger partial charge in [-0.25, -0.2) is 4.98 Å². The second-order valence-electron chi connectivity index (χ2n) is 6.05. The number of nitrogens with zero attached hydrogens (tertiary/aromatic N) is 2. The minimum absolute atomic E-state index is 0.145. The molecule has 0 bridgehead atoms. The van der Waals surface area contributed by atoms with Crippen molar-refractivity contribution in [1.29, 1.82) is 0 Å². The number of rotatable bonds is 5. The van der Waals surface area contributed by atoms with Gasteiger partial charge in [0.25, 0.3) is 5.91 Å². The number of pyridine rings is 1. The van der Waals surface area contributed by atoms with Gasteiger partial charge in [0.05, 0.1) is 13.2 Å². The zero-order valence-electron chi connectivity index (χ0n) is 13.9. The van der Waals surface area contributed by atoms with Crippen molar-refractivity contribution in [2.45, 2.75) is 13.0 Å². The van der Waals surface area contributed by atoms with Gasteiger partial charge in [0.2, 0.25) is 0 Å². The van der Waals surface area contributed by atoms with E-state index < -0.39 is 0 Å². The van der Waals surface area contributed by atoms with Gasteiger partial charge >= 0.3 is 0 Å². The summed E-state index contributed by atoms with van der Waals surface area (Å²) < 4.78 is 5.78. The molecule has 128 valence electrons. The number of carbonyl (C=O) groups is 1. The molecule has 1 atom stereocenters. The first kappa shape index (κ1) is 17.1. The Morgan fingerprint density at radius 2 is 2.33 bits per heavy atom. The molecule has 3 rings (SSSR count). The van der Waals surface area contributed by atoms with Crippen LogP contribution in [-0.2, 0) is 17.7 Å². The van der Waals surface area contributed by atoms with Crippen LogP contribution in [-0.4, -0.2) is 49.1 Å². The molecule has 2 aromatic rings. The van der Waals surface area contributed by atoms with Crippen molar-refractivity contribution < 1.29 is 9.53 Å². The number of hydrogen-bond donors (Lipinski definition) is 1. The van der Waals surface area contributed by atoms with E-state index in [0.717, 1.165) is 45.0 Å². The van der Waals surface area contributed by atoms with Gasteiger partial charge in [0.15, 0.2) is 0 Å². The van der Waals surface area contributed by atoms with E-state index in [1.54, 1.807) is 24.5 Å². The maximum atomic E-state index is 11.7. The molecular weight excluding hydrogens is 322 g/mol. The van der Waals surface area contributed by atoms with Crippen LogP contribution >= 0.6 is 11.3 Å². The zero-order chi connectivity index (χ0) is 16.8. The highest BCUT2D eigenvalue weighted by molar-refractivity contribution is 7.09. The first-order valence-electron chi connectivity index (χ1n) is 8.25. The Morgan fingerprint density at radius 1 is 1.42 bits per heavy atom. The number of ether oxygens (including phenoxy) is 1. The van der Waals surface area contributed by atoms with Crippen molar-refractivity contribution >= 4 is 17.2 Å². The van der Waals surface area contributed by atoms with Gasteiger partial charge in [0, 0.05) is 43.2 Å². The monoisotopic (exact) mass is 345 g/mol. The molecule has 1 saturated heterocycles. The van der Waals surface area contributed by atoms with Crippen molar-refractivity contribution in [3.63, 3.8) is 0 Å². The van der Waals surface area contributed by atoms with Crippen LogP contribution in [0.25, 0.3) is 0 Å². The molecule has 0 aromatic carbocycles. The minimum atomic E-state index is -0.145. The molecule has 2 aromatic heterocycles. The topological polar surface area (TPSA) is 54.5 Å². The van der Waals surface area contributed by atoms with E-state index in [9.17, 15) is 4.79 Å². The average Bonchev–Trinajstić information content (AvgIpc) is 3.01. The van der Waals surface area contributed by atoms with Crippen LogP contribution in [0.5, 0.6) is 0 Å². The fourth-order valence-electron chi connectivity index (χ4n) is 2.99. The van der Waals surface area contributed by atoms with E-state index in [1.165, 1.54) is 4.88 Å². The lowest BCUT2D eigenvalue weighted by Gasteiger charge is -2.22. The molecule has 1 aliphatic heterocycles. The normalized spacial score (nSPS) is 19.0. The molecule has 24 heavy (non-hydrogen) atoms. The van der Waals surface area contributed by atoms with E-state index in [1.807, 2.05) is 12.1 Å². The van der Waals surface area contributed by atoms with Crippen molar-refractivity contribution in [1.82, 2.24) is 15.2 Å². The Labute approximate surface area is 146 Å². The molecule has 1 N–H and O–H groups in total. The molecule has 0 spiro atoms. The lowest BCUT2D eigenvalue weighted by molar-refractivity contribution is 0.0957. The summed E-state index contributed by atoms with van der Waals surface area (Å²) in [5.74, 6) is 0.244. The lowest BCUT2D eigenvalue weighted by atomic mass is 10.0. The van der Waals surface area contributed by atoms with Gasteiger partial charge in [-0.2, -0.15) is 0 Å². The van der Waals surface area contributed by atoms with E-state index in [4.69, 9.17) is 4.74 Å². The van der Waals surface area contributed by atoms with Crippen molar-refractivity contribution in [2.75, 3.05) is 33.4 Å². The predicted molar refractivity (Wildman–Crippen MR) is 95.2 cm³/mol. The smallest absolute Gasteiger partial charge is 0.269 e. The molecule has 5 nitrogen and oxygen atoms in total. The van der Waals surface area contributed by atoms with E-state index >= 15 is 0 Å². The van der Waals surface area contributed by atoms with Gasteiger partial charge in [0.1, 0.15) is 5.69 Å².